The first-order valence-electron chi connectivity index (χ1n) is 2.85. The van der Waals surface area contributed by atoms with E-state index in [0.29, 0.717) is 6.61 Å². The summed E-state index contributed by atoms with van der Waals surface area (Å²) in [5.74, 6) is 0. The third-order valence-electron chi connectivity index (χ3n) is 0.733. The molecule has 0 aromatic carbocycles. The zero-order valence-electron chi connectivity index (χ0n) is 5.96. The van der Waals surface area contributed by atoms with Crippen molar-refractivity contribution in [2.24, 2.45) is 0 Å². The number of hydrogen-bond acceptors (Lipinski definition) is 4. The van der Waals surface area contributed by atoms with Gasteiger partial charge >= 0.3 is 6.16 Å². The fraction of sp³-hybridized carbons (Fsp3) is 0.667. The summed E-state index contributed by atoms with van der Waals surface area (Å²) >= 11 is 0. The van der Waals surface area contributed by atoms with E-state index in [0.717, 1.165) is 0 Å². The molecule has 4 nitrogen and oxygen atoms in total. The van der Waals surface area contributed by atoms with Gasteiger partial charge in [0.1, 0.15) is 12.7 Å². The molecule has 0 saturated carbocycles. The predicted molar refractivity (Wildman–Crippen MR) is 33.2 cm³/mol. The lowest BCUT2D eigenvalue weighted by Gasteiger charge is -1.90. The van der Waals surface area contributed by atoms with Crippen molar-refractivity contribution in [2.45, 2.75) is 20.0 Å². The number of carbonyl (C=O) groups is 1. The van der Waals surface area contributed by atoms with Gasteiger partial charge in [0.15, 0.2) is 0 Å². The zero-order valence-corrected chi connectivity index (χ0v) is 5.96. The van der Waals surface area contributed by atoms with Crippen LogP contribution in [0.5, 0.6) is 0 Å². The van der Waals surface area contributed by atoms with Crippen molar-refractivity contribution >= 4 is 6.16 Å². The fourth-order valence-corrected chi connectivity index (χ4v) is 0.418. The highest BCUT2D eigenvalue weighted by Gasteiger charge is 2.19. The van der Waals surface area contributed by atoms with Gasteiger partial charge in [-0.3, -0.25) is 0 Å². The summed E-state index contributed by atoms with van der Waals surface area (Å²) in [7, 11) is 0. The van der Waals surface area contributed by atoms with Crippen LogP contribution in [0.3, 0.4) is 0 Å². The summed E-state index contributed by atoms with van der Waals surface area (Å²) in [6.07, 6.45) is -0.597. The standard InChI is InChI=1S/C4H6O3.C2H3N/c1-3-2-6-4(5)7-3;1-2-3/h3H,2H2,1H3;1H3. The molecule has 0 amide bonds. The Morgan fingerprint density at radius 2 is 2.30 bits per heavy atom. The number of nitrogens with zero attached hydrogens (tertiary/aromatic N) is 1. The van der Waals surface area contributed by atoms with Crippen molar-refractivity contribution in [2.75, 3.05) is 6.61 Å². The van der Waals surface area contributed by atoms with Gasteiger partial charge in [0.2, 0.25) is 0 Å². The Kier molecular flexibility index (Phi) is 4.05. The number of ether oxygens (including phenoxy) is 2. The van der Waals surface area contributed by atoms with Crippen molar-refractivity contribution in [3.63, 3.8) is 0 Å². The van der Waals surface area contributed by atoms with E-state index in [1.807, 2.05) is 0 Å². The average molecular weight is 143 g/mol. The summed E-state index contributed by atoms with van der Waals surface area (Å²) in [5, 5.41) is 7.32. The van der Waals surface area contributed by atoms with Crippen molar-refractivity contribution in [3.05, 3.63) is 0 Å². The van der Waals surface area contributed by atoms with E-state index in [9.17, 15) is 4.79 Å². The molecule has 1 aliphatic heterocycles. The molecular weight excluding hydrogens is 134 g/mol. The van der Waals surface area contributed by atoms with Gasteiger partial charge < -0.3 is 9.47 Å². The summed E-state index contributed by atoms with van der Waals surface area (Å²) in [5.41, 5.74) is 0. The molecule has 1 aliphatic rings. The van der Waals surface area contributed by atoms with Crippen LogP contribution in [0.1, 0.15) is 13.8 Å². The monoisotopic (exact) mass is 143 g/mol. The summed E-state index contributed by atoms with van der Waals surface area (Å²) in [4.78, 5) is 10.0. The van der Waals surface area contributed by atoms with Gasteiger partial charge in [-0.2, -0.15) is 5.26 Å². The third kappa shape index (κ3) is 3.72. The quantitative estimate of drug-likeness (QED) is 0.476. The van der Waals surface area contributed by atoms with E-state index in [2.05, 4.69) is 9.47 Å². The fourth-order valence-electron chi connectivity index (χ4n) is 0.418. The van der Waals surface area contributed by atoms with Gasteiger partial charge in [-0.25, -0.2) is 4.79 Å². The molecule has 1 fully saturated rings. The Morgan fingerprint density at radius 1 is 1.80 bits per heavy atom. The van der Waals surface area contributed by atoms with Crippen LogP contribution in [0.2, 0.25) is 0 Å². The van der Waals surface area contributed by atoms with E-state index in [4.69, 9.17) is 5.26 Å². The second kappa shape index (κ2) is 4.62. The summed E-state index contributed by atoms with van der Waals surface area (Å²) < 4.78 is 8.90. The van der Waals surface area contributed by atoms with Gasteiger partial charge in [0, 0.05) is 6.92 Å². The molecule has 0 N–H and O–H groups in total. The molecule has 0 spiro atoms. The minimum Gasteiger partial charge on any atom is -0.430 e. The molecule has 1 rings (SSSR count). The lowest BCUT2D eigenvalue weighted by molar-refractivity contribution is 0.121. The van der Waals surface area contributed by atoms with Crippen LogP contribution in [0, 0.1) is 11.3 Å². The normalized spacial score (nSPS) is 21.3. The van der Waals surface area contributed by atoms with E-state index in [1.165, 1.54) is 6.92 Å². The number of nitriles is 1. The molecule has 1 saturated heterocycles. The summed E-state index contributed by atoms with van der Waals surface area (Å²) in [6.45, 7) is 3.61. The lowest BCUT2D eigenvalue weighted by Crippen LogP contribution is -2.01. The molecule has 10 heavy (non-hydrogen) atoms. The van der Waals surface area contributed by atoms with Crippen molar-refractivity contribution in [1.82, 2.24) is 0 Å². The predicted octanol–water partition coefficient (Wildman–Crippen LogP) is 1.07. The van der Waals surface area contributed by atoms with Crippen LogP contribution in [-0.4, -0.2) is 18.9 Å². The van der Waals surface area contributed by atoms with E-state index in [-0.39, 0.29) is 6.10 Å². The second-order valence-electron chi connectivity index (χ2n) is 1.71. The van der Waals surface area contributed by atoms with E-state index in [1.54, 1.807) is 13.0 Å². The molecule has 0 aliphatic carbocycles. The first-order chi connectivity index (χ1) is 4.70. The molecule has 0 aromatic rings. The summed E-state index contributed by atoms with van der Waals surface area (Å²) in [6, 6.07) is 1.75. The van der Waals surface area contributed by atoms with Crippen molar-refractivity contribution in [3.8, 4) is 6.07 Å². The zero-order chi connectivity index (χ0) is 7.98. The van der Waals surface area contributed by atoms with Gasteiger partial charge in [-0.05, 0) is 6.92 Å². The van der Waals surface area contributed by atoms with Crippen LogP contribution in [-0.2, 0) is 9.47 Å². The molecule has 0 bridgehead atoms. The van der Waals surface area contributed by atoms with Gasteiger partial charge in [0.25, 0.3) is 0 Å². The second-order valence-corrected chi connectivity index (χ2v) is 1.71. The molecule has 0 radical (unpaired) electrons. The number of cyclic esters (lactones) is 2. The molecule has 56 valence electrons. The van der Waals surface area contributed by atoms with Crippen molar-refractivity contribution in [1.29, 1.82) is 5.26 Å². The highest BCUT2D eigenvalue weighted by Crippen LogP contribution is 2.02. The first-order valence-corrected chi connectivity index (χ1v) is 2.85. The van der Waals surface area contributed by atoms with Crippen LogP contribution < -0.4 is 0 Å². The maximum Gasteiger partial charge on any atom is 0.508 e. The maximum atomic E-state index is 10.0. The minimum absolute atomic E-state index is 0.0486. The molecule has 1 atom stereocenters. The Labute approximate surface area is 59.3 Å². The van der Waals surface area contributed by atoms with Gasteiger partial charge in [-0.1, -0.05) is 0 Å². The van der Waals surface area contributed by atoms with Crippen LogP contribution in [0.15, 0.2) is 0 Å². The Hall–Kier alpha value is -1.24. The van der Waals surface area contributed by atoms with E-state index >= 15 is 0 Å². The van der Waals surface area contributed by atoms with Crippen LogP contribution in [0.25, 0.3) is 0 Å². The minimum atomic E-state index is -0.549. The highest BCUT2D eigenvalue weighted by molar-refractivity contribution is 5.61. The van der Waals surface area contributed by atoms with Crippen LogP contribution in [0.4, 0.5) is 4.79 Å². The number of rotatable bonds is 0. The molecule has 1 unspecified atom stereocenters. The van der Waals surface area contributed by atoms with E-state index < -0.39 is 6.16 Å². The number of hydrogen-bond donors (Lipinski definition) is 0. The maximum absolute atomic E-state index is 10.0. The highest BCUT2D eigenvalue weighted by atomic mass is 16.8. The third-order valence-corrected chi connectivity index (χ3v) is 0.733. The van der Waals surface area contributed by atoms with Crippen LogP contribution >= 0.6 is 0 Å². The molecular formula is C6H9NO3. The average Bonchev–Trinajstić information content (AvgIpc) is 2.17. The Balaban J connectivity index is 0.000000236. The molecule has 1 heterocycles. The lowest BCUT2D eigenvalue weighted by atomic mass is 10.5. The van der Waals surface area contributed by atoms with Crippen molar-refractivity contribution < 1.29 is 14.3 Å². The SMILES string of the molecule is CC#N.CC1COC(=O)O1. The topological polar surface area (TPSA) is 59.3 Å². The first kappa shape index (κ1) is 8.76. The Bertz CT molecular complexity index is 150. The number of carbonyl (C=O) groups excluding carboxylic acids is 1. The van der Waals surface area contributed by atoms with Gasteiger partial charge in [0.05, 0.1) is 6.07 Å². The smallest absolute Gasteiger partial charge is 0.430 e. The molecule has 4 heteroatoms. The molecule has 0 aromatic heterocycles. The van der Waals surface area contributed by atoms with Gasteiger partial charge in [-0.15, -0.1) is 0 Å². The largest absolute Gasteiger partial charge is 0.508 e. The Morgan fingerprint density at radius 3 is 2.40 bits per heavy atom.